The van der Waals surface area contributed by atoms with Crippen LogP contribution in [0.2, 0.25) is 0 Å². The zero-order valence-electron chi connectivity index (χ0n) is 14.2. The number of carbonyl (C=O) groups excluding carboxylic acids is 3. The average Bonchev–Trinajstić information content (AvgIpc) is 3.02. The van der Waals surface area contributed by atoms with Crippen LogP contribution in [0.4, 0.5) is 14.5 Å². The quantitative estimate of drug-likeness (QED) is 0.551. The third kappa shape index (κ3) is 3.84. The van der Waals surface area contributed by atoms with E-state index in [-0.39, 0.29) is 17.0 Å². The Balaban J connectivity index is 1.72. The molecule has 8 heteroatoms. The summed E-state index contributed by atoms with van der Waals surface area (Å²) in [5.74, 6) is -3.55. The molecule has 6 nitrogen and oxygen atoms in total. The zero-order valence-corrected chi connectivity index (χ0v) is 14.2. The lowest BCUT2D eigenvalue weighted by Crippen LogP contribution is -2.21. The van der Waals surface area contributed by atoms with Crippen LogP contribution in [0.3, 0.4) is 0 Å². The molecule has 3 aromatic rings. The van der Waals surface area contributed by atoms with Gasteiger partial charge in [0.25, 0.3) is 5.91 Å². The van der Waals surface area contributed by atoms with Crippen LogP contribution in [-0.2, 0) is 9.53 Å². The van der Waals surface area contributed by atoms with Gasteiger partial charge in [-0.15, -0.1) is 0 Å². The number of pyridine rings is 1. The van der Waals surface area contributed by atoms with Crippen molar-refractivity contribution >= 4 is 28.9 Å². The molecule has 0 saturated carbocycles. The number of fused-ring (bicyclic) bond motifs is 1. The molecule has 27 heavy (non-hydrogen) atoms. The number of benzene rings is 1. The second-order valence-corrected chi connectivity index (χ2v) is 5.70. The van der Waals surface area contributed by atoms with E-state index in [0.717, 1.165) is 12.1 Å². The van der Waals surface area contributed by atoms with E-state index >= 15 is 0 Å². The fourth-order valence-corrected chi connectivity index (χ4v) is 2.57. The number of ether oxygens (including phenoxy) is 1. The molecule has 2 heterocycles. The van der Waals surface area contributed by atoms with Crippen LogP contribution in [0.15, 0.2) is 48.7 Å². The number of hydrogen-bond donors (Lipinski definition) is 1. The van der Waals surface area contributed by atoms with Gasteiger partial charge in [0.05, 0.1) is 22.5 Å². The predicted molar refractivity (Wildman–Crippen MR) is 92.7 cm³/mol. The maximum atomic E-state index is 13.5. The lowest BCUT2D eigenvalue weighted by Gasteiger charge is -2.07. The van der Waals surface area contributed by atoms with Crippen LogP contribution in [0.1, 0.15) is 27.8 Å². The summed E-state index contributed by atoms with van der Waals surface area (Å²) in [5.41, 5.74) is 0.653. The number of rotatable bonds is 5. The molecular formula is C19H14F2N2O4. The van der Waals surface area contributed by atoms with Gasteiger partial charge in [-0.2, -0.15) is 0 Å². The molecule has 1 amide bonds. The van der Waals surface area contributed by atoms with Gasteiger partial charge in [-0.1, -0.05) is 6.07 Å². The van der Waals surface area contributed by atoms with E-state index in [0.29, 0.717) is 17.3 Å². The van der Waals surface area contributed by atoms with E-state index in [9.17, 15) is 23.2 Å². The van der Waals surface area contributed by atoms with Crippen LogP contribution in [-0.4, -0.2) is 28.7 Å². The number of nitrogens with one attached hydrogen (secondary N) is 1. The van der Waals surface area contributed by atoms with E-state index in [1.165, 1.54) is 13.0 Å². The van der Waals surface area contributed by atoms with Gasteiger partial charge in [-0.05, 0) is 30.3 Å². The van der Waals surface area contributed by atoms with Crippen molar-refractivity contribution < 1.29 is 27.9 Å². The summed E-state index contributed by atoms with van der Waals surface area (Å²) in [6, 6.07) is 9.10. The van der Waals surface area contributed by atoms with E-state index in [4.69, 9.17) is 4.74 Å². The molecular weight excluding hydrogens is 358 g/mol. The molecule has 0 bridgehead atoms. The van der Waals surface area contributed by atoms with Gasteiger partial charge in [0.1, 0.15) is 11.6 Å². The van der Waals surface area contributed by atoms with Crippen molar-refractivity contribution in [3.8, 4) is 0 Å². The topological polar surface area (TPSA) is 76.9 Å². The number of aromatic nitrogens is 1. The number of esters is 1. The number of halogens is 2. The lowest BCUT2D eigenvalue weighted by atomic mass is 10.2. The van der Waals surface area contributed by atoms with Gasteiger partial charge in [0.15, 0.2) is 12.4 Å². The Labute approximate surface area is 152 Å². The summed E-state index contributed by atoms with van der Waals surface area (Å²) in [6.07, 6.45) is 1.63. The van der Waals surface area contributed by atoms with Crippen molar-refractivity contribution in [2.24, 2.45) is 0 Å². The molecule has 1 aromatic carbocycles. The van der Waals surface area contributed by atoms with Crippen LogP contribution in [0.5, 0.6) is 0 Å². The minimum absolute atomic E-state index is 0.126. The standard InChI is InChI=1S/C19H14F2N2O4/c1-11(24)17-9-13(16-4-2-3-7-23(16)17)19(26)27-10-18(25)22-15-6-5-12(20)8-14(15)21/h2-9H,10H2,1H3,(H,22,25). The first-order valence-electron chi connectivity index (χ1n) is 7.90. The largest absolute Gasteiger partial charge is 0.452 e. The maximum Gasteiger partial charge on any atom is 0.340 e. The average molecular weight is 372 g/mol. The Morgan fingerprint density at radius 3 is 2.59 bits per heavy atom. The number of hydrogen-bond acceptors (Lipinski definition) is 4. The number of amides is 1. The van der Waals surface area contributed by atoms with E-state index in [2.05, 4.69) is 5.32 Å². The summed E-state index contributed by atoms with van der Waals surface area (Å²) < 4.78 is 32.9. The van der Waals surface area contributed by atoms with Gasteiger partial charge in [0, 0.05) is 19.2 Å². The molecule has 0 spiro atoms. The highest BCUT2D eigenvalue weighted by molar-refractivity contribution is 6.04. The third-order valence-corrected chi connectivity index (χ3v) is 3.80. The molecule has 0 aliphatic rings. The first kappa shape index (κ1) is 18.2. The molecule has 3 rings (SSSR count). The van der Waals surface area contributed by atoms with Crippen molar-refractivity contribution in [2.75, 3.05) is 11.9 Å². The Morgan fingerprint density at radius 2 is 1.89 bits per heavy atom. The van der Waals surface area contributed by atoms with E-state index < -0.39 is 30.1 Å². The van der Waals surface area contributed by atoms with Gasteiger partial charge in [-0.25, -0.2) is 13.6 Å². The number of ketones is 1. The second kappa shape index (κ2) is 7.36. The summed E-state index contributed by atoms with van der Waals surface area (Å²) in [7, 11) is 0. The molecule has 0 atom stereocenters. The van der Waals surface area contributed by atoms with Crippen molar-refractivity contribution in [3.63, 3.8) is 0 Å². The van der Waals surface area contributed by atoms with Crippen LogP contribution < -0.4 is 5.32 Å². The summed E-state index contributed by atoms with van der Waals surface area (Å²) in [6.45, 7) is 0.698. The van der Waals surface area contributed by atoms with Crippen molar-refractivity contribution in [2.45, 2.75) is 6.92 Å². The highest BCUT2D eigenvalue weighted by Crippen LogP contribution is 2.19. The van der Waals surface area contributed by atoms with E-state index in [1.54, 1.807) is 28.8 Å². The van der Waals surface area contributed by atoms with Crippen molar-refractivity contribution in [1.29, 1.82) is 0 Å². The van der Waals surface area contributed by atoms with Crippen LogP contribution in [0, 0.1) is 11.6 Å². The van der Waals surface area contributed by atoms with Gasteiger partial charge in [-0.3, -0.25) is 9.59 Å². The highest BCUT2D eigenvalue weighted by atomic mass is 19.1. The van der Waals surface area contributed by atoms with Gasteiger partial charge >= 0.3 is 5.97 Å². The molecule has 138 valence electrons. The molecule has 0 saturated heterocycles. The Bertz CT molecular complexity index is 1060. The number of anilines is 1. The van der Waals surface area contributed by atoms with E-state index in [1.807, 2.05) is 0 Å². The lowest BCUT2D eigenvalue weighted by molar-refractivity contribution is -0.119. The summed E-state index contributed by atoms with van der Waals surface area (Å²) in [5, 5.41) is 2.19. The smallest absolute Gasteiger partial charge is 0.340 e. The summed E-state index contributed by atoms with van der Waals surface area (Å²) >= 11 is 0. The van der Waals surface area contributed by atoms with Crippen LogP contribution in [0.25, 0.3) is 5.52 Å². The minimum Gasteiger partial charge on any atom is -0.452 e. The first-order valence-corrected chi connectivity index (χ1v) is 7.90. The van der Waals surface area contributed by atoms with Gasteiger partial charge in [0.2, 0.25) is 0 Å². The highest BCUT2D eigenvalue weighted by Gasteiger charge is 2.19. The van der Waals surface area contributed by atoms with Crippen molar-refractivity contribution in [1.82, 2.24) is 4.40 Å². The number of Topliss-reactive ketones (excluding diaryl/α,β-unsaturated/α-hetero) is 1. The first-order chi connectivity index (χ1) is 12.9. The Hall–Kier alpha value is -3.55. The fourth-order valence-electron chi connectivity index (χ4n) is 2.57. The minimum atomic E-state index is -0.945. The fraction of sp³-hybridized carbons (Fsp3) is 0.105. The van der Waals surface area contributed by atoms with Gasteiger partial charge < -0.3 is 14.5 Å². The number of nitrogens with zero attached hydrogens (tertiary/aromatic N) is 1. The Morgan fingerprint density at radius 1 is 1.11 bits per heavy atom. The predicted octanol–water partition coefficient (Wildman–Crippen LogP) is 3.22. The maximum absolute atomic E-state index is 13.5. The molecule has 0 aliphatic heterocycles. The Kier molecular flexibility index (Phi) is 4.98. The zero-order chi connectivity index (χ0) is 19.6. The molecule has 2 aromatic heterocycles. The second-order valence-electron chi connectivity index (χ2n) is 5.70. The molecule has 0 unspecified atom stereocenters. The normalized spacial score (nSPS) is 10.6. The molecule has 1 N–H and O–H groups in total. The summed E-state index contributed by atoms with van der Waals surface area (Å²) in [4.78, 5) is 35.9. The monoisotopic (exact) mass is 372 g/mol. The molecule has 0 aliphatic carbocycles. The molecule has 0 radical (unpaired) electrons. The third-order valence-electron chi connectivity index (χ3n) is 3.80. The van der Waals surface area contributed by atoms with Crippen molar-refractivity contribution in [3.05, 3.63) is 71.6 Å². The number of carbonyl (C=O) groups is 3. The SMILES string of the molecule is CC(=O)c1cc(C(=O)OCC(=O)Nc2ccc(F)cc2F)c2ccccn12. The molecule has 0 fully saturated rings. The van der Waals surface area contributed by atoms with Crippen LogP contribution >= 0.6 is 0 Å².